The van der Waals surface area contributed by atoms with Crippen molar-refractivity contribution in [2.75, 3.05) is 5.32 Å². The highest BCUT2D eigenvalue weighted by Gasteiger charge is 2.15. The summed E-state index contributed by atoms with van der Waals surface area (Å²) in [6, 6.07) is 7.88. The third-order valence-electron chi connectivity index (χ3n) is 2.22. The van der Waals surface area contributed by atoms with E-state index in [1.54, 1.807) is 17.8 Å². The van der Waals surface area contributed by atoms with Crippen LogP contribution in [0, 0.1) is 5.92 Å². The van der Waals surface area contributed by atoms with Gasteiger partial charge in [-0.1, -0.05) is 37.7 Å². The molecule has 0 atom stereocenters. The molecule has 1 aliphatic rings. The van der Waals surface area contributed by atoms with Gasteiger partial charge in [-0.2, -0.15) is 0 Å². The van der Waals surface area contributed by atoms with Crippen LogP contribution in [0.4, 0.5) is 5.69 Å². The predicted octanol–water partition coefficient (Wildman–Crippen LogP) is 3.27. The summed E-state index contributed by atoms with van der Waals surface area (Å²) in [5.41, 5.74) is 0.902. The van der Waals surface area contributed by atoms with Gasteiger partial charge in [-0.15, -0.1) is 0 Å². The zero-order chi connectivity index (χ0) is 10.8. The van der Waals surface area contributed by atoms with Crippen molar-refractivity contribution in [3.05, 3.63) is 35.2 Å². The van der Waals surface area contributed by atoms with Gasteiger partial charge >= 0.3 is 0 Å². The minimum atomic E-state index is -0.0313. The van der Waals surface area contributed by atoms with Crippen molar-refractivity contribution in [3.63, 3.8) is 0 Å². The molecule has 0 aliphatic carbocycles. The summed E-state index contributed by atoms with van der Waals surface area (Å²) in [5.74, 6) is 0.350. The summed E-state index contributed by atoms with van der Waals surface area (Å²) in [7, 11) is 0. The minimum absolute atomic E-state index is 0.0313. The maximum absolute atomic E-state index is 11.6. The van der Waals surface area contributed by atoms with Crippen LogP contribution in [0.15, 0.2) is 40.1 Å². The standard InChI is InChI=1S/C12H13NOS/c1-8(2)11-7-12(14)13-9-5-3-4-6-10(9)15-11/h3-8H,1-2H3,(H,13,14). The van der Waals surface area contributed by atoms with Crippen LogP contribution < -0.4 is 5.32 Å². The molecule has 0 saturated carbocycles. The number of hydrogen-bond donors (Lipinski definition) is 1. The number of thioether (sulfide) groups is 1. The summed E-state index contributed by atoms with van der Waals surface area (Å²) in [6.07, 6.45) is 1.69. The second-order valence-corrected chi connectivity index (χ2v) is 4.90. The number of allylic oxidation sites excluding steroid dienone is 1. The maximum atomic E-state index is 11.6. The second kappa shape index (κ2) is 4.11. The number of anilines is 1. The van der Waals surface area contributed by atoms with Gasteiger partial charge in [-0.25, -0.2) is 0 Å². The van der Waals surface area contributed by atoms with Crippen molar-refractivity contribution in [1.29, 1.82) is 0 Å². The first kappa shape index (κ1) is 10.3. The molecule has 1 amide bonds. The van der Waals surface area contributed by atoms with Crippen molar-refractivity contribution >= 4 is 23.4 Å². The Morgan fingerprint density at radius 3 is 2.73 bits per heavy atom. The Morgan fingerprint density at radius 2 is 2.00 bits per heavy atom. The fourth-order valence-electron chi connectivity index (χ4n) is 1.40. The van der Waals surface area contributed by atoms with E-state index in [1.807, 2.05) is 24.3 Å². The van der Waals surface area contributed by atoms with Crippen LogP contribution in [0.2, 0.25) is 0 Å². The normalized spacial score (nSPS) is 15.4. The van der Waals surface area contributed by atoms with E-state index in [-0.39, 0.29) is 5.91 Å². The quantitative estimate of drug-likeness (QED) is 0.785. The van der Waals surface area contributed by atoms with Gasteiger partial charge in [0.2, 0.25) is 5.91 Å². The number of fused-ring (bicyclic) bond motifs is 1. The molecule has 3 heteroatoms. The van der Waals surface area contributed by atoms with Gasteiger partial charge in [-0.3, -0.25) is 4.79 Å². The summed E-state index contributed by atoms with van der Waals surface area (Å²) >= 11 is 1.67. The van der Waals surface area contributed by atoms with Crippen LogP contribution in [0.25, 0.3) is 0 Å². The lowest BCUT2D eigenvalue weighted by molar-refractivity contribution is -0.111. The number of carbonyl (C=O) groups excluding carboxylic acids is 1. The van der Waals surface area contributed by atoms with Crippen LogP contribution in [0.1, 0.15) is 13.8 Å². The highest BCUT2D eigenvalue weighted by atomic mass is 32.2. The molecular formula is C12H13NOS. The van der Waals surface area contributed by atoms with Crippen molar-refractivity contribution < 1.29 is 4.79 Å². The van der Waals surface area contributed by atoms with E-state index in [4.69, 9.17) is 0 Å². The van der Waals surface area contributed by atoms with Gasteiger partial charge in [0.1, 0.15) is 0 Å². The molecule has 15 heavy (non-hydrogen) atoms. The molecule has 1 aromatic rings. The Kier molecular flexibility index (Phi) is 2.82. The molecule has 78 valence electrons. The molecule has 0 aromatic heterocycles. The molecule has 0 bridgehead atoms. The Hall–Kier alpha value is -1.22. The number of rotatable bonds is 1. The number of para-hydroxylation sites is 1. The monoisotopic (exact) mass is 219 g/mol. The highest BCUT2D eigenvalue weighted by molar-refractivity contribution is 8.03. The van der Waals surface area contributed by atoms with Gasteiger partial charge in [0.15, 0.2) is 0 Å². The number of carbonyl (C=O) groups is 1. The lowest BCUT2D eigenvalue weighted by atomic mass is 10.2. The number of nitrogens with one attached hydrogen (secondary N) is 1. The first-order valence-corrected chi connectivity index (χ1v) is 5.78. The summed E-state index contributed by atoms with van der Waals surface area (Å²) in [5, 5.41) is 2.87. The van der Waals surface area contributed by atoms with E-state index in [1.165, 1.54) is 0 Å². The topological polar surface area (TPSA) is 29.1 Å². The van der Waals surface area contributed by atoms with E-state index in [2.05, 4.69) is 19.2 Å². The molecule has 0 unspecified atom stereocenters. The van der Waals surface area contributed by atoms with E-state index in [9.17, 15) is 4.79 Å². The molecule has 0 radical (unpaired) electrons. The minimum Gasteiger partial charge on any atom is -0.321 e. The zero-order valence-electron chi connectivity index (χ0n) is 8.78. The fraction of sp³-hybridized carbons (Fsp3) is 0.250. The third-order valence-corrected chi connectivity index (χ3v) is 3.62. The van der Waals surface area contributed by atoms with Crippen LogP contribution >= 0.6 is 11.8 Å². The Bertz CT molecular complexity index is 423. The van der Waals surface area contributed by atoms with Gasteiger partial charge in [0.25, 0.3) is 0 Å². The lowest BCUT2D eigenvalue weighted by Crippen LogP contribution is -2.07. The Morgan fingerprint density at radius 1 is 1.27 bits per heavy atom. The maximum Gasteiger partial charge on any atom is 0.249 e. The molecule has 1 aliphatic heterocycles. The van der Waals surface area contributed by atoms with Crippen LogP contribution in [0.5, 0.6) is 0 Å². The Balaban J connectivity index is 2.41. The molecule has 0 saturated heterocycles. The average Bonchev–Trinajstić information content (AvgIpc) is 2.35. The van der Waals surface area contributed by atoms with E-state index in [0.717, 1.165) is 15.5 Å². The largest absolute Gasteiger partial charge is 0.321 e. The van der Waals surface area contributed by atoms with Gasteiger partial charge in [-0.05, 0) is 23.0 Å². The molecule has 2 nitrogen and oxygen atoms in total. The van der Waals surface area contributed by atoms with E-state index >= 15 is 0 Å². The molecule has 1 aromatic carbocycles. The summed E-state index contributed by atoms with van der Waals surface area (Å²) < 4.78 is 0. The zero-order valence-corrected chi connectivity index (χ0v) is 9.60. The molecule has 0 fully saturated rings. The smallest absolute Gasteiger partial charge is 0.249 e. The first-order valence-electron chi connectivity index (χ1n) is 4.96. The SMILES string of the molecule is CC(C)C1=CC(=O)Nc2ccccc2S1. The van der Waals surface area contributed by atoms with E-state index in [0.29, 0.717) is 5.92 Å². The van der Waals surface area contributed by atoms with Gasteiger partial charge in [0, 0.05) is 11.0 Å². The number of amides is 1. The highest BCUT2D eigenvalue weighted by Crippen LogP contribution is 2.38. The number of benzene rings is 1. The average molecular weight is 219 g/mol. The first-order chi connectivity index (χ1) is 7.16. The van der Waals surface area contributed by atoms with Gasteiger partial charge < -0.3 is 5.32 Å². The van der Waals surface area contributed by atoms with Crippen LogP contribution in [-0.2, 0) is 4.79 Å². The molecule has 1 heterocycles. The summed E-state index contributed by atoms with van der Waals surface area (Å²) in [4.78, 5) is 13.8. The van der Waals surface area contributed by atoms with Crippen molar-refractivity contribution in [2.45, 2.75) is 18.7 Å². The van der Waals surface area contributed by atoms with Crippen molar-refractivity contribution in [1.82, 2.24) is 0 Å². The predicted molar refractivity (Wildman–Crippen MR) is 63.8 cm³/mol. The summed E-state index contributed by atoms with van der Waals surface area (Å²) in [6.45, 7) is 4.19. The molecule has 2 rings (SSSR count). The lowest BCUT2D eigenvalue weighted by Gasteiger charge is -2.09. The molecule has 1 N–H and O–H groups in total. The molecule has 0 spiro atoms. The second-order valence-electron chi connectivity index (χ2n) is 3.79. The van der Waals surface area contributed by atoms with Crippen LogP contribution in [-0.4, -0.2) is 5.91 Å². The molecular weight excluding hydrogens is 206 g/mol. The van der Waals surface area contributed by atoms with Crippen molar-refractivity contribution in [3.8, 4) is 0 Å². The van der Waals surface area contributed by atoms with E-state index < -0.39 is 0 Å². The third kappa shape index (κ3) is 2.23. The fourth-order valence-corrected chi connectivity index (χ4v) is 2.43. The van der Waals surface area contributed by atoms with Crippen molar-refractivity contribution in [2.24, 2.45) is 5.92 Å². The van der Waals surface area contributed by atoms with Crippen LogP contribution in [0.3, 0.4) is 0 Å². The van der Waals surface area contributed by atoms with Gasteiger partial charge in [0.05, 0.1) is 5.69 Å². The number of hydrogen-bond acceptors (Lipinski definition) is 2. The Labute approximate surface area is 93.8 Å².